The van der Waals surface area contributed by atoms with E-state index < -0.39 is 5.91 Å². The summed E-state index contributed by atoms with van der Waals surface area (Å²) in [6, 6.07) is 7.03. The van der Waals surface area contributed by atoms with Crippen LogP contribution in [0, 0.1) is 4.91 Å². The van der Waals surface area contributed by atoms with Gasteiger partial charge < -0.3 is 4.90 Å². The monoisotopic (exact) mass is 204 g/mol. The minimum Gasteiger partial charge on any atom is -0.372 e. The predicted molar refractivity (Wildman–Crippen MR) is 58.0 cm³/mol. The van der Waals surface area contributed by atoms with Crippen molar-refractivity contribution in [1.29, 1.82) is 0 Å². The first-order chi connectivity index (χ1) is 7.31. The Morgan fingerprint density at radius 2 is 1.73 bits per heavy atom. The van der Waals surface area contributed by atoms with Crippen LogP contribution in [0.3, 0.4) is 0 Å². The molecule has 78 valence electrons. The van der Waals surface area contributed by atoms with Crippen LogP contribution in [0.5, 0.6) is 0 Å². The lowest BCUT2D eigenvalue weighted by Crippen LogP contribution is -2.17. The van der Waals surface area contributed by atoms with Gasteiger partial charge in [0.15, 0.2) is 0 Å². The zero-order valence-corrected chi connectivity index (χ0v) is 8.35. The quantitative estimate of drug-likeness (QED) is 0.694. The third kappa shape index (κ3) is 2.03. The standard InChI is InChI=1S/C11H12N2O2/c14-11(12-15)9-3-5-10(6-4-9)13-7-1-2-8-13/h3-6H,1-2,7-8H2. The van der Waals surface area contributed by atoms with E-state index in [0.29, 0.717) is 5.56 Å². The van der Waals surface area contributed by atoms with Gasteiger partial charge in [-0.3, -0.25) is 4.79 Å². The molecule has 0 bridgehead atoms. The highest BCUT2D eigenvalue weighted by molar-refractivity contribution is 5.95. The Labute approximate surface area is 87.9 Å². The van der Waals surface area contributed by atoms with Gasteiger partial charge in [-0.15, -0.1) is 4.91 Å². The molecule has 1 amide bonds. The fourth-order valence-electron chi connectivity index (χ4n) is 1.84. The first-order valence-corrected chi connectivity index (χ1v) is 5.04. The summed E-state index contributed by atoms with van der Waals surface area (Å²) in [7, 11) is 0. The highest BCUT2D eigenvalue weighted by Crippen LogP contribution is 2.20. The maximum atomic E-state index is 11.0. The van der Waals surface area contributed by atoms with Crippen LogP contribution < -0.4 is 4.90 Å². The summed E-state index contributed by atoms with van der Waals surface area (Å²) < 4.78 is 0. The molecule has 0 radical (unpaired) electrons. The van der Waals surface area contributed by atoms with Crippen molar-refractivity contribution in [2.75, 3.05) is 18.0 Å². The molecule has 0 N–H and O–H groups in total. The van der Waals surface area contributed by atoms with Crippen molar-refractivity contribution in [1.82, 2.24) is 0 Å². The van der Waals surface area contributed by atoms with E-state index in [9.17, 15) is 9.70 Å². The number of hydrogen-bond acceptors (Lipinski definition) is 3. The average Bonchev–Trinajstić information content (AvgIpc) is 2.82. The van der Waals surface area contributed by atoms with Gasteiger partial charge in [0.05, 0.1) is 0 Å². The second kappa shape index (κ2) is 4.21. The number of carbonyl (C=O) groups is 1. The number of anilines is 1. The fraction of sp³-hybridized carbons (Fsp3) is 0.364. The van der Waals surface area contributed by atoms with Crippen molar-refractivity contribution in [3.8, 4) is 0 Å². The van der Waals surface area contributed by atoms with Crippen molar-refractivity contribution in [3.05, 3.63) is 34.7 Å². The van der Waals surface area contributed by atoms with Crippen LogP contribution in [0.2, 0.25) is 0 Å². The maximum Gasteiger partial charge on any atom is 0.316 e. The molecule has 4 nitrogen and oxygen atoms in total. The first kappa shape index (κ1) is 9.83. The smallest absolute Gasteiger partial charge is 0.316 e. The molecule has 1 aromatic carbocycles. The lowest BCUT2D eigenvalue weighted by molar-refractivity contribution is 0.100. The predicted octanol–water partition coefficient (Wildman–Crippen LogP) is 2.19. The van der Waals surface area contributed by atoms with E-state index in [-0.39, 0.29) is 0 Å². The van der Waals surface area contributed by atoms with E-state index in [2.05, 4.69) is 10.1 Å². The molecule has 1 heterocycles. The van der Waals surface area contributed by atoms with Crippen LogP contribution in [-0.4, -0.2) is 19.0 Å². The molecular formula is C11H12N2O2. The Balaban J connectivity index is 2.16. The van der Waals surface area contributed by atoms with E-state index in [1.807, 2.05) is 12.1 Å². The number of rotatable bonds is 2. The zero-order chi connectivity index (χ0) is 10.7. The van der Waals surface area contributed by atoms with Gasteiger partial charge >= 0.3 is 5.91 Å². The highest BCUT2D eigenvalue weighted by Gasteiger charge is 2.12. The molecule has 4 heteroatoms. The second-order valence-electron chi connectivity index (χ2n) is 3.64. The van der Waals surface area contributed by atoms with Gasteiger partial charge in [0.1, 0.15) is 0 Å². The van der Waals surface area contributed by atoms with Gasteiger partial charge in [0.2, 0.25) is 0 Å². The summed E-state index contributed by atoms with van der Waals surface area (Å²) in [6.45, 7) is 2.14. The largest absolute Gasteiger partial charge is 0.372 e. The summed E-state index contributed by atoms with van der Waals surface area (Å²) in [5, 5.41) is 2.38. The highest BCUT2D eigenvalue weighted by atomic mass is 16.3. The number of nitroso groups, excluding NO2 is 1. The number of amides is 1. The second-order valence-corrected chi connectivity index (χ2v) is 3.64. The number of benzene rings is 1. The molecule has 1 fully saturated rings. The summed E-state index contributed by atoms with van der Waals surface area (Å²) in [6.07, 6.45) is 2.44. The van der Waals surface area contributed by atoms with Crippen molar-refractivity contribution < 1.29 is 4.79 Å². The topological polar surface area (TPSA) is 49.7 Å². The Kier molecular flexibility index (Phi) is 2.76. The molecular weight excluding hydrogens is 192 g/mol. The maximum absolute atomic E-state index is 11.0. The molecule has 0 unspecified atom stereocenters. The third-order valence-electron chi connectivity index (χ3n) is 2.67. The Morgan fingerprint density at radius 1 is 1.13 bits per heavy atom. The van der Waals surface area contributed by atoms with E-state index in [0.717, 1.165) is 18.8 Å². The summed E-state index contributed by atoms with van der Waals surface area (Å²) >= 11 is 0. The van der Waals surface area contributed by atoms with Crippen molar-refractivity contribution >= 4 is 11.6 Å². The van der Waals surface area contributed by atoms with Gasteiger partial charge in [-0.05, 0) is 37.1 Å². The van der Waals surface area contributed by atoms with Gasteiger partial charge in [0, 0.05) is 29.5 Å². The lowest BCUT2D eigenvalue weighted by atomic mass is 10.2. The van der Waals surface area contributed by atoms with E-state index in [4.69, 9.17) is 0 Å². The van der Waals surface area contributed by atoms with Crippen LogP contribution in [0.25, 0.3) is 0 Å². The molecule has 0 spiro atoms. The third-order valence-corrected chi connectivity index (χ3v) is 2.67. The molecule has 15 heavy (non-hydrogen) atoms. The summed E-state index contributed by atoms with van der Waals surface area (Å²) in [5.74, 6) is -0.706. The number of hydrogen-bond donors (Lipinski definition) is 0. The van der Waals surface area contributed by atoms with Crippen molar-refractivity contribution in [2.24, 2.45) is 5.18 Å². The first-order valence-electron chi connectivity index (χ1n) is 5.04. The molecule has 0 atom stereocenters. The van der Waals surface area contributed by atoms with Crippen LogP contribution in [-0.2, 0) is 0 Å². The normalized spacial score (nSPS) is 15.3. The minimum atomic E-state index is -0.706. The molecule has 1 aromatic rings. The van der Waals surface area contributed by atoms with Crippen LogP contribution in [0.15, 0.2) is 29.4 Å². The molecule has 0 aromatic heterocycles. The van der Waals surface area contributed by atoms with Crippen LogP contribution in [0.1, 0.15) is 23.2 Å². The number of carbonyl (C=O) groups excluding carboxylic acids is 1. The Hall–Kier alpha value is -1.71. The molecule has 0 saturated carbocycles. The fourth-order valence-corrected chi connectivity index (χ4v) is 1.84. The van der Waals surface area contributed by atoms with E-state index in [1.165, 1.54) is 12.8 Å². The minimum absolute atomic E-state index is 0.355. The molecule has 1 aliphatic heterocycles. The average molecular weight is 204 g/mol. The molecule has 0 aliphatic carbocycles. The molecule has 1 saturated heterocycles. The van der Waals surface area contributed by atoms with Gasteiger partial charge in [-0.25, -0.2) is 0 Å². The summed E-state index contributed by atoms with van der Waals surface area (Å²) in [5.41, 5.74) is 1.46. The molecule has 1 aliphatic rings. The molecule has 2 rings (SSSR count). The Bertz CT molecular complexity index is 367. The van der Waals surface area contributed by atoms with E-state index >= 15 is 0 Å². The van der Waals surface area contributed by atoms with Crippen LogP contribution in [0.4, 0.5) is 5.69 Å². The van der Waals surface area contributed by atoms with Crippen molar-refractivity contribution in [2.45, 2.75) is 12.8 Å². The van der Waals surface area contributed by atoms with Crippen molar-refractivity contribution in [3.63, 3.8) is 0 Å². The van der Waals surface area contributed by atoms with E-state index in [1.54, 1.807) is 12.1 Å². The Morgan fingerprint density at radius 3 is 2.27 bits per heavy atom. The van der Waals surface area contributed by atoms with Gasteiger partial charge in [-0.2, -0.15) is 0 Å². The van der Waals surface area contributed by atoms with Crippen LogP contribution >= 0.6 is 0 Å². The van der Waals surface area contributed by atoms with Gasteiger partial charge in [0.25, 0.3) is 0 Å². The SMILES string of the molecule is O=NC(=O)c1ccc(N2CCCC2)cc1. The zero-order valence-electron chi connectivity index (χ0n) is 8.35. The lowest BCUT2D eigenvalue weighted by Gasteiger charge is -2.17. The van der Waals surface area contributed by atoms with Gasteiger partial charge in [-0.1, -0.05) is 0 Å². The number of nitrogens with zero attached hydrogens (tertiary/aromatic N) is 2. The summed E-state index contributed by atoms with van der Waals surface area (Å²) in [4.78, 5) is 23.3.